The van der Waals surface area contributed by atoms with E-state index in [0.717, 1.165) is 0 Å². The Morgan fingerprint density at radius 2 is 1.14 bits per heavy atom. The zero-order chi connectivity index (χ0) is 84.8. The van der Waals surface area contributed by atoms with E-state index in [1.165, 1.54) is 79.7 Å². The number of primary amides is 2. The predicted octanol–water partition coefficient (Wildman–Crippen LogP) is 2.73. The summed E-state index contributed by atoms with van der Waals surface area (Å²) in [7, 11) is 0. The zero-order valence-corrected chi connectivity index (χ0v) is 67.2. The molecule has 4 rings (SSSR count). The number of carbonyl (C=O) groups is 17. The first-order valence-corrected chi connectivity index (χ1v) is 38.5. The molecule has 2 aromatic carbocycles. The van der Waals surface area contributed by atoms with Crippen LogP contribution in [0.3, 0.4) is 0 Å². The molecule has 1 aromatic heterocycles. The van der Waals surface area contributed by atoms with E-state index >= 15 is 0 Å². The number of carboxylic acids is 1. The van der Waals surface area contributed by atoms with Crippen molar-refractivity contribution in [3.05, 3.63) is 78.0 Å². The van der Waals surface area contributed by atoms with Gasteiger partial charge in [-0.3, -0.25) is 81.5 Å². The molecule has 18 N–H and O–H groups in total. The second kappa shape index (κ2) is 46.0. The number of aromatic nitrogens is 1. The molecule has 0 spiro atoms. The van der Waals surface area contributed by atoms with Crippen molar-refractivity contribution < 1.29 is 91.7 Å². The molecule has 1 aliphatic rings. The number of nitrogens with one attached hydrogen (secondary N) is 12. The van der Waals surface area contributed by atoms with Gasteiger partial charge in [-0.1, -0.05) is 89.9 Å². The number of allylic oxidation sites excluding steroid dienone is 2. The summed E-state index contributed by atoms with van der Waals surface area (Å²) in [6.45, 7) is 18.6. The monoisotopic (exact) mass is 1590 g/mol. The number of Topliss-reactive ketones (excluding diaryl/α,β-unsaturated/α-hetero) is 5. The number of rotatable bonds is 29. The lowest BCUT2D eigenvalue weighted by molar-refractivity contribution is -0.140. The van der Waals surface area contributed by atoms with Gasteiger partial charge in [0.15, 0.2) is 0 Å². The van der Waals surface area contributed by atoms with Crippen LogP contribution in [0.15, 0.2) is 66.9 Å². The average Bonchev–Trinajstić information content (AvgIpc) is 1.47. The fraction of sp³-hybridized carbons (Fsp3) is 0.593. The van der Waals surface area contributed by atoms with Crippen molar-refractivity contribution in [2.24, 2.45) is 34.1 Å². The highest BCUT2D eigenvalue weighted by Gasteiger charge is 2.42. The molecule has 1 aliphatic heterocycles. The quantitative estimate of drug-likeness (QED) is 0.0351. The van der Waals surface area contributed by atoms with Crippen LogP contribution in [0.5, 0.6) is 5.75 Å². The standard InChI is InChI=1S/C80H118N14O19.CH4/c1-44(2)37-54-42-84-58(31-33-62(81)97)67(103)66(102)48(6)87-73(109)61(39-53-41-83-57-26-22-21-25-56(53)57)92-74(110)60(38-52-27-29-55(96)30-28-52)91-72(108)59(32-34-63(98)99)93-76(112)79(12,40-45(3)95)35-23-19-17-15-14-16-18-20-24-36-80(13,94-71(54)107)77(113)90-51(9)70(106)89-50(8)69(105)88-49(7)68(104)86-47(5)65(101)64(100)46(4)85-43-78(10,11)75(82)111;/h16,18,21-22,25-30,41,44,46-51,54,58-61,83-85,96H,14-15,17,19-20,23-24,31-40,42-43H2,1-13H3,(H2,81,97)(H2,82,111)(H,86,104)(H,87,109)(H,88,105)(H,89,106)(H,90,113)(H,91,108)(H,92,110)(H,93,112)(H,94,107)(H,98,99);1H4/b18-16+;/t46-,47-,48?,49?,50-,51?,54+,58-,59-,60?,61-,79-,80-;/m0./s1. The summed E-state index contributed by atoms with van der Waals surface area (Å²) in [5.41, 5.74) is 8.35. The molecule has 630 valence electrons. The van der Waals surface area contributed by atoms with Gasteiger partial charge in [0.1, 0.15) is 53.3 Å². The lowest BCUT2D eigenvalue weighted by Gasteiger charge is -2.33. The van der Waals surface area contributed by atoms with Gasteiger partial charge in [0.25, 0.3) is 0 Å². The van der Waals surface area contributed by atoms with Crippen LogP contribution in [0.1, 0.15) is 205 Å². The molecule has 3 aromatic rings. The van der Waals surface area contributed by atoms with Crippen molar-refractivity contribution in [2.45, 2.75) is 273 Å². The number of aliphatic carboxylic acids is 1. The minimum Gasteiger partial charge on any atom is -0.508 e. The van der Waals surface area contributed by atoms with Gasteiger partial charge in [0.2, 0.25) is 88.1 Å². The second-order valence-electron chi connectivity index (χ2n) is 31.3. The number of amides is 11. The summed E-state index contributed by atoms with van der Waals surface area (Å²) in [6, 6.07) is -1.63. The van der Waals surface area contributed by atoms with Gasteiger partial charge >= 0.3 is 5.97 Å². The number of para-hydroxylation sites is 1. The summed E-state index contributed by atoms with van der Waals surface area (Å²) < 4.78 is 0. The molecule has 0 bridgehead atoms. The Kier molecular flexibility index (Phi) is 39.4. The number of H-pyrrole nitrogens is 1. The van der Waals surface area contributed by atoms with Gasteiger partial charge in [-0.25, -0.2) is 0 Å². The molecule has 33 nitrogen and oxygen atoms in total. The largest absolute Gasteiger partial charge is 0.508 e. The van der Waals surface area contributed by atoms with Gasteiger partial charge < -0.3 is 85.1 Å². The Balaban J connectivity index is 0.0000336. The summed E-state index contributed by atoms with van der Waals surface area (Å²) in [6.07, 6.45) is 6.82. The van der Waals surface area contributed by atoms with Gasteiger partial charge in [-0.05, 0) is 162 Å². The van der Waals surface area contributed by atoms with Crippen LogP contribution in [0.2, 0.25) is 0 Å². The molecule has 0 saturated heterocycles. The molecule has 4 unspecified atom stereocenters. The average molecular weight is 1600 g/mol. The van der Waals surface area contributed by atoms with Crippen molar-refractivity contribution in [3.63, 3.8) is 0 Å². The fourth-order valence-corrected chi connectivity index (χ4v) is 12.8. The smallest absolute Gasteiger partial charge is 0.303 e. The lowest BCUT2D eigenvalue weighted by atomic mass is 9.79. The van der Waals surface area contributed by atoms with Crippen LogP contribution in [-0.4, -0.2) is 194 Å². The summed E-state index contributed by atoms with van der Waals surface area (Å²) >= 11 is 0. The molecule has 0 fully saturated rings. The second-order valence-corrected chi connectivity index (χ2v) is 31.3. The van der Waals surface area contributed by atoms with E-state index in [1.807, 2.05) is 26.0 Å². The zero-order valence-electron chi connectivity index (χ0n) is 67.2. The Bertz CT molecular complexity index is 3950. The van der Waals surface area contributed by atoms with Gasteiger partial charge in [-0.15, -0.1) is 0 Å². The summed E-state index contributed by atoms with van der Waals surface area (Å²) in [5.74, 6) is -16.5. The minimum absolute atomic E-state index is 0. The number of nitrogens with two attached hydrogens (primary N) is 2. The number of ketones is 5. The Hall–Kier alpha value is -10.6. The number of phenolic OH excluding ortho intramolecular Hbond substituents is 1. The van der Waals surface area contributed by atoms with Crippen LogP contribution in [0, 0.1) is 22.7 Å². The number of aromatic amines is 1. The Labute approximate surface area is 666 Å². The van der Waals surface area contributed by atoms with Crippen LogP contribution >= 0.6 is 0 Å². The molecule has 0 saturated carbocycles. The molecule has 13 atom stereocenters. The number of aromatic hydroxyl groups is 1. The van der Waals surface area contributed by atoms with Gasteiger partial charge in [-0.2, -0.15) is 0 Å². The first-order valence-electron chi connectivity index (χ1n) is 38.5. The van der Waals surface area contributed by atoms with E-state index in [4.69, 9.17) is 11.5 Å². The molecule has 114 heavy (non-hydrogen) atoms. The third-order valence-corrected chi connectivity index (χ3v) is 20.0. The fourth-order valence-electron chi connectivity index (χ4n) is 12.8. The molecular weight excluding hydrogens is 1470 g/mol. The summed E-state index contributed by atoms with van der Waals surface area (Å²) in [4.78, 5) is 236. The molecule has 0 radical (unpaired) electrons. The number of carboxylic acid groups (broad SMARTS) is 1. The van der Waals surface area contributed by atoms with Crippen molar-refractivity contribution in [3.8, 4) is 5.75 Å². The first-order chi connectivity index (χ1) is 52.9. The van der Waals surface area contributed by atoms with Crippen molar-refractivity contribution in [1.29, 1.82) is 0 Å². The van der Waals surface area contributed by atoms with Crippen molar-refractivity contribution in [2.75, 3.05) is 13.1 Å². The van der Waals surface area contributed by atoms with Crippen LogP contribution in [-0.2, 0) is 94.3 Å². The maximum atomic E-state index is 15.0. The summed E-state index contributed by atoms with van der Waals surface area (Å²) in [5, 5.41) is 49.9. The molecule has 11 amide bonds. The van der Waals surface area contributed by atoms with E-state index in [0.29, 0.717) is 67.0 Å². The number of phenols is 1. The first kappa shape index (κ1) is 97.6. The van der Waals surface area contributed by atoms with Crippen LogP contribution in [0.4, 0.5) is 0 Å². The highest BCUT2D eigenvalue weighted by atomic mass is 16.4. The third kappa shape index (κ3) is 31.4. The van der Waals surface area contributed by atoms with Crippen LogP contribution < -0.4 is 70.0 Å². The van der Waals surface area contributed by atoms with E-state index in [2.05, 4.69) is 63.5 Å². The minimum atomic E-state index is -1.78. The van der Waals surface area contributed by atoms with E-state index in [1.54, 1.807) is 51.2 Å². The number of fused-ring (bicyclic) bond motifs is 1. The normalized spacial score (nSPS) is 23.0. The van der Waals surface area contributed by atoms with E-state index < -0.39 is 196 Å². The predicted molar refractivity (Wildman–Crippen MR) is 426 cm³/mol. The molecule has 33 heteroatoms. The highest BCUT2D eigenvalue weighted by Crippen LogP contribution is 2.31. The van der Waals surface area contributed by atoms with Crippen molar-refractivity contribution >= 4 is 111 Å². The highest BCUT2D eigenvalue weighted by molar-refractivity contribution is 6.41. The SMILES string of the molecule is C.CC(=O)C[C@]1(C)CCCCCC/C=C/CCC[C@@](C)(C(=O)NC(C)C(=O)N[C@@H](C)C(=O)NC(C)C(=O)N[C@@H](C)C(=O)C(=O)[C@H](C)NCC(C)(C)C(N)=O)NC(=O)[C@H](CC(C)C)CN[C@@H](CCC(N)=O)C(=O)C(=O)C(C)NC(=O)[C@H](Cc2c[nH]c3ccccc23)NC(=O)C(Cc2ccc(O)cc2)NC(=O)[C@H](CCC(=O)O)NC1=O. The molecular formula is C81H122N14O19. The third-order valence-electron chi connectivity index (χ3n) is 20.0. The Morgan fingerprint density at radius 1 is 0.605 bits per heavy atom. The number of hydrogen-bond donors (Lipinski definition) is 16. The maximum absolute atomic E-state index is 15.0. The maximum Gasteiger partial charge on any atom is 0.303 e. The number of carbonyl (C=O) groups excluding carboxylic acids is 16. The lowest BCUT2D eigenvalue weighted by Crippen LogP contribution is -2.62. The van der Waals surface area contributed by atoms with E-state index in [-0.39, 0.29) is 82.9 Å². The topological polar surface area (TPSA) is 531 Å². The van der Waals surface area contributed by atoms with E-state index in [9.17, 15) is 91.7 Å². The molecule has 0 aliphatic carbocycles. The molecule has 2 heterocycles. The number of benzene rings is 2. The number of hydrogen-bond acceptors (Lipinski definition) is 20. The van der Waals surface area contributed by atoms with Gasteiger partial charge in [0, 0.05) is 62.3 Å². The van der Waals surface area contributed by atoms with Crippen LogP contribution in [0.25, 0.3) is 10.9 Å². The van der Waals surface area contributed by atoms with Crippen molar-refractivity contribution in [1.82, 2.24) is 63.5 Å². The van der Waals surface area contributed by atoms with Gasteiger partial charge in [0.05, 0.1) is 40.9 Å². The Morgan fingerprint density at radius 3 is 1.72 bits per heavy atom.